The third kappa shape index (κ3) is 4.94. The average molecular weight is 482 g/mol. The number of pyridine rings is 1. The monoisotopic (exact) mass is 481 g/mol. The van der Waals surface area contributed by atoms with E-state index in [1.807, 2.05) is 13.8 Å². The van der Waals surface area contributed by atoms with E-state index in [4.69, 9.17) is 11.6 Å². The number of amides is 2. The number of aromatic nitrogens is 3. The predicted molar refractivity (Wildman–Crippen MR) is 130 cm³/mol. The summed E-state index contributed by atoms with van der Waals surface area (Å²) < 4.78 is 1.43. The third-order valence-corrected chi connectivity index (χ3v) is 6.52. The zero-order chi connectivity index (χ0) is 23.5. The molecule has 0 aliphatic rings. The summed E-state index contributed by atoms with van der Waals surface area (Å²) in [4.78, 5) is 48.2. The van der Waals surface area contributed by atoms with E-state index in [0.717, 1.165) is 10.4 Å². The standard InChI is InChI=1S/C23H20ClN5O3S/c1-13-14(2)33-22-20(13)23(32)29(12-26-22)10-7-19(30)28-18-4-3-15(24)11-17(18)21(31)27-16-5-8-25-9-6-16/h3-6,8-9,11-12H,7,10H2,1-2H3,(H,28,30)(H,25,27,31). The van der Waals surface area contributed by atoms with Gasteiger partial charge in [0.2, 0.25) is 5.91 Å². The lowest BCUT2D eigenvalue weighted by Crippen LogP contribution is -2.24. The highest BCUT2D eigenvalue weighted by atomic mass is 35.5. The second-order valence-corrected chi connectivity index (χ2v) is 9.02. The van der Waals surface area contributed by atoms with Crippen LogP contribution in [0, 0.1) is 13.8 Å². The van der Waals surface area contributed by atoms with Crippen LogP contribution in [0.1, 0.15) is 27.2 Å². The van der Waals surface area contributed by atoms with Crippen molar-refractivity contribution in [2.24, 2.45) is 0 Å². The number of carbonyl (C=O) groups is 2. The van der Waals surface area contributed by atoms with Gasteiger partial charge in [-0.25, -0.2) is 4.98 Å². The predicted octanol–water partition coefficient (Wildman–Crippen LogP) is 4.40. The van der Waals surface area contributed by atoms with E-state index in [1.165, 1.54) is 28.3 Å². The first-order valence-corrected chi connectivity index (χ1v) is 11.3. The number of nitrogens with one attached hydrogen (secondary N) is 2. The maximum Gasteiger partial charge on any atom is 0.262 e. The Hall–Kier alpha value is -3.56. The molecule has 33 heavy (non-hydrogen) atoms. The highest BCUT2D eigenvalue weighted by Crippen LogP contribution is 2.25. The SMILES string of the molecule is Cc1sc2ncn(CCC(=O)Nc3ccc(Cl)cc3C(=O)Nc3ccncc3)c(=O)c2c1C. The van der Waals surface area contributed by atoms with Crippen molar-refractivity contribution in [2.75, 3.05) is 10.6 Å². The second kappa shape index (κ2) is 9.51. The van der Waals surface area contributed by atoms with Crippen LogP contribution in [0.4, 0.5) is 11.4 Å². The first-order valence-electron chi connectivity index (χ1n) is 10.1. The number of fused-ring (bicyclic) bond motifs is 1. The molecule has 168 valence electrons. The van der Waals surface area contributed by atoms with Crippen molar-refractivity contribution in [3.05, 3.63) is 80.4 Å². The summed E-state index contributed by atoms with van der Waals surface area (Å²) in [6, 6.07) is 7.95. The molecule has 4 rings (SSSR count). The number of halogens is 1. The number of thiophene rings is 1. The first kappa shape index (κ1) is 22.6. The van der Waals surface area contributed by atoms with Crippen LogP contribution >= 0.6 is 22.9 Å². The fraction of sp³-hybridized carbons (Fsp3) is 0.174. The molecule has 0 saturated carbocycles. The smallest absolute Gasteiger partial charge is 0.262 e. The Kier molecular flexibility index (Phi) is 6.52. The minimum atomic E-state index is -0.423. The van der Waals surface area contributed by atoms with E-state index in [-0.39, 0.29) is 30.0 Å². The lowest BCUT2D eigenvalue weighted by Gasteiger charge is -2.12. The normalized spacial score (nSPS) is 10.9. The molecule has 8 nitrogen and oxygen atoms in total. The van der Waals surface area contributed by atoms with E-state index in [9.17, 15) is 14.4 Å². The summed E-state index contributed by atoms with van der Waals surface area (Å²) in [6.07, 6.45) is 4.61. The summed E-state index contributed by atoms with van der Waals surface area (Å²) in [6.45, 7) is 4.01. The van der Waals surface area contributed by atoms with Gasteiger partial charge in [-0.1, -0.05) is 11.6 Å². The summed E-state index contributed by atoms with van der Waals surface area (Å²) in [5, 5.41) is 6.44. The largest absolute Gasteiger partial charge is 0.325 e. The summed E-state index contributed by atoms with van der Waals surface area (Å²) in [5.74, 6) is -0.770. The van der Waals surface area contributed by atoms with Crippen molar-refractivity contribution < 1.29 is 9.59 Å². The molecule has 4 aromatic rings. The van der Waals surface area contributed by atoms with Crippen LogP contribution in [-0.2, 0) is 11.3 Å². The van der Waals surface area contributed by atoms with Crippen LogP contribution in [0.3, 0.4) is 0 Å². The minimum absolute atomic E-state index is 0.0311. The zero-order valence-corrected chi connectivity index (χ0v) is 19.5. The van der Waals surface area contributed by atoms with Crippen molar-refractivity contribution in [1.29, 1.82) is 0 Å². The number of benzene rings is 1. The van der Waals surface area contributed by atoms with Gasteiger partial charge in [0.15, 0.2) is 0 Å². The number of hydrogen-bond donors (Lipinski definition) is 2. The molecule has 0 aliphatic heterocycles. The van der Waals surface area contributed by atoms with Crippen LogP contribution in [0.5, 0.6) is 0 Å². The Morgan fingerprint density at radius 3 is 2.64 bits per heavy atom. The molecule has 2 amide bonds. The molecule has 0 radical (unpaired) electrons. The van der Waals surface area contributed by atoms with Crippen LogP contribution in [0.2, 0.25) is 5.02 Å². The lowest BCUT2D eigenvalue weighted by atomic mass is 10.1. The number of nitrogens with zero attached hydrogens (tertiary/aromatic N) is 3. The van der Waals surface area contributed by atoms with E-state index in [2.05, 4.69) is 20.6 Å². The van der Waals surface area contributed by atoms with Gasteiger partial charge < -0.3 is 10.6 Å². The maximum absolute atomic E-state index is 12.8. The molecular formula is C23H20ClN5O3S. The number of anilines is 2. The average Bonchev–Trinajstić information content (AvgIpc) is 3.09. The Bertz CT molecular complexity index is 1420. The van der Waals surface area contributed by atoms with Gasteiger partial charge in [-0.3, -0.25) is 23.9 Å². The van der Waals surface area contributed by atoms with E-state index < -0.39 is 5.91 Å². The van der Waals surface area contributed by atoms with Crippen molar-refractivity contribution in [3.63, 3.8) is 0 Å². The van der Waals surface area contributed by atoms with Crippen molar-refractivity contribution in [2.45, 2.75) is 26.8 Å². The van der Waals surface area contributed by atoms with Crippen LogP contribution in [0.15, 0.2) is 53.8 Å². The first-order chi connectivity index (χ1) is 15.8. The molecule has 3 aromatic heterocycles. The molecule has 0 spiro atoms. The molecule has 0 atom stereocenters. The van der Waals surface area contributed by atoms with Crippen molar-refractivity contribution in [3.8, 4) is 0 Å². The topological polar surface area (TPSA) is 106 Å². The van der Waals surface area contributed by atoms with Gasteiger partial charge in [0, 0.05) is 40.9 Å². The lowest BCUT2D eigenvalue weighted by molar-refractivity contribution is -0.116. The van der Waals surface area contributed by atoms with Gasteiger partial charge in [-0.05, 0) is 49.7 Å². The van der Waals surface area contributed by atoms with Gasteiger partial charge in [0.05, 0.1) is 23.0 Å². The van der Waals surface area contributed by atoms with Gasteiger partial charge in [-0.2, -0.15) is 0 Å². The van der Waals surface area contributed by atoms with Crippen molar-refractivity contribution >= 4 is 56.3 Å². The molecule has 0 bridgehead atoms. The fourth-order valence-electron chi connectivity index (χ4n) is 3.31. The Labute approximate surface area is 198 Å². The number of carbonyl (C=O) groups excluding carboxylic acids is 2. The summed E-state index contributed by atoms with van der Waals surface area (Å²) in [5.41, 5.74) is 1.85. The fourth-order valence-corrected chi connectivity index (χ4v) is 4.47. The highest BCUT2D eigenvalue weighted by molar-refractivity contribution is 7.18. The van der Waals surface area contributed by atoms with E-state index in [0.29, 0.717) is 26.6 Å². The van der Waals surface area contributed by atoms with Gasteiger partial charge >= 0.3 is 0 Å². The molecule has 1 aromatic carbocycles. The molecule has 0 fully saturated rings. The van der Waals surface area contributed by atoms with Gasteiger partial charge in [-0.15, -0.1) is 11.3 Å². The van der Waals surface area contributed by atoms with Gasteiger partial charge in [0.25, 0.3) is 11.5 Å². The van der Waals surface area contributed by atoms with Gasteiger partial charge in [0.1, 0.15) is 4.83 Å². The highest BCUT2D eigenvalue weighted by Gasteiger charge is 2.16. The van der Waals surface area contributed by atoms with Crippen LogP contribution in [-0.4, -0.2) is 26.3 Å². The number of hydrogen-bond acceptors (Lipinski definition) is 6. The molecule has 0 aliphatic carbocycles. The van der Waals surface area contributed by atoms with Crippen molar-refractivity contribution in [1.82, 2.24) is 14.5 Å². The third-order valence-electron chi connectivity index (χ3n) is 5.17. The quantitative estimate of drug-likeness (QED) is 0.424. The van der Waals surface area contributed by atoms with Crippen LogP contribution < -0.4 is 16.2 Å². The Balaban J connectivity index is 1.48. The number of rotatable bonds is 6. The minimum Gasteiger partial charge on any atom is -0.325 e. The molecule has 0 saturated heterocycles. The molecule has 10 heteroatoms. The summed E-state index contributed by atoms with van der Waals surface area (Å²) >= 11 is 7.55. The number of aryl methyl sites for hydroxylation is 3. The molecular weight excluding hydrogens is 462 g/mol. The van der Waals surface area contributed by atoms with Crippen LogP contribution in [0.25, 0.3) is 10.2 Å². The molecule has 3 heterocycles. The van der Waals surface area contributed by atoms with E-state index in [1.54, 1.807) is 36.7 Å². The summed E-state index contributed by atoms with van der Waals surface area (Å²) in [7, 11) is 0. The van der Waals surface area contributed by atoms with E-state index >= 15 is 0 Å². The molecule has 0 unspecified atom stereocenters. The maximum atomic E-state index is 12.8. The Morgan fingerprint density at radius 1 is 1.12 bits per heavy atom. The molecule has 2 N–H and O–H groups in total. The second-order valence-electron chi connectivity index (χ2n) is 7.38. The zero-order valence-electron chi connectivity index (χ0n) is 17.9. The Morgan fingerprint density at radius 2 is 1.88 bits per heavy atom.